The summed E-state index contributed by atoms with van der Waals surface area (Å²) in [7, 11) is 1.63. The van der Waals surface area contributed by atoms with Gasteiger partial charge in [0, 0.05) is 26.6 Å². The summed E-state index contributed by atoms with van der Waals surface area (Å²) in [5.41, 5.74) is -0.483. The van der Waals surface area contributed by atoms with Gasteiger partial charge >= 0.3 is 0 Å². The van der Waals surface area contributed by atoms with Crippen molar-refractivity contribution < 1.29 is 9.90 Å². The molecule has 0 aromatic rings. The van der Waals surface area contributed by atoms with E-state index < -0.39 is 5.60 Å². The van der Waals surface area contributed by atoms with E-state index in [2.05, 4.69) is 10.6 Å². The molecule has 0 heterocycles. The van der Waals surface area contributed by atoms with E-state index in [1.807, 2.05) is 0 Å². The highest BCUT2D eigenvalue weighted by Gasteiger charge is 2.33. The van der Waals surface area contributed by atoms with Gasteiger partial charge in [0.1, 0.15) is 0 Å². The SMILES string of the molecule is CNC(=O)CCNCC1(O)CCC1. The second-order valence-corrected chi connectivity index (χ2v) is 3.68. The Labute approximate surface area is 78.7 Å². The van der Waals surface area contributed by atoms with Crippen LogP contribution in [0.5, 0.6) is 0 Å². The van der Waals surface area contributed by atoms with Crippen molar-refractivity contribution in [3.8, 4) is 0 Å². The molecule has 0 aromatic heterocycles. The van der Waals surface area contributed by atoms with Gasteiger partial charge in [-0.1, -0.05) is 0 Å². The van der Waals surface area contributed by atoms with Crippen molar-refractivity contribution in [1.82, 2.24) is 10.6 Å². The molecule has 4 heteroatoms. The number of carbonyl (C=O) groups is 1. The first-order valence-corrected chi connectivity index (χ1v) is 4.80. The van der Waals surface area contributed by atoms with Crippen molar-refractivity contribution in [2.45, 2.75) is 31.3 Å². The van der Waals surface area contributed by atoms with E-state index in [4.69, 9.17) is 0 Å². The number of hydrogen-bond donors (Lipinski definition) is 3. The molecule has 0 radical (unpaired) electrons. The Hall–Kier alpha value is -0.610. The lowest BCUT2D eigenvalue weighted by Crippen LogP contribution is -2.46. The normalized spacial score (nSPS) is 19.2. The van der Waals surface area contributed by atoms with Crippen molar-refractivity contribution >= 4 is 5.91 Å². The minimum atomic E-state index is -0.483. The molecule has 13 heavy (non-hydrogen) atoms. The van der Waals surface area contributed by atoms with Crippen LogP contribution in [0.2, 0.25) is 0 Å². The maximum absolute atomic E-state index is 10.8. The van der Waals surface area contributed by atoms with Crippen LogP contribution in [0, 0.1) is 0 Å². The van der Waals surface area contributed by atoms with Crippen molar-refractivity contribution in [2.24, 2.45) is 0 Å². The highest BCUT2D eigenvalue weighted by atomic mass is 16.3. The Morgan fingerprint density at radius 1 is 1.54 bits per heavy atom. The van der Waals surface area contributed by atoms with Crippen LogP contribution in [0.15, 0.2) is 0 Å². The van der Waals surface area contributed by atoms with Crippen molar-refractivity contribution in [1.29, 1.82) is 0 Å². The summed E-state index contributed by atoms with van der Waals surface area (Å²) in [6.07, 6.45) is 3.38. The van der Waals surface area contributed by atoms with Gasteiger partial charge in [0.25, 0.3) is 0 Å². The number of nitrogens with one attached hydrogen (secondary N) is 2. The Kier molecular flexibility index (Phi) is 3.69. The quantitative estimate of drug-likeness (QED) is 0.513. The fourth-order valence-corrected chi connectivity index (χ4v) is 1.41. The Morgan fingerprint density at radius 2 is 2.23 bits per heavy atom. The molecule has 1 amide bonds. The van der Waals surface area contributed by atoms with Crippen LogP contribution in [0.1, 0.15) is 25.7 Å². The van der Waals surface area contributed by atoms with E-state index in [1.54, 1.807) is 7.05 Å². The molecule has 0 bridgehead atoms. The predicted octanol–water partition coefficient (Wildman–Crippen LogP) is -0.373. The highest BCUT2D eigenvalue weighted by Crippen LogP contribution is 2.30. The zero-order valence-corrected chi connectivity index (χ0v) is 8.10. The van der Waals surface area contributed by atoms with Gasteiger partial charge in [-0.25, -0.2) is 0 Å². The molecule has 76 valence electrons. The van der Waals surface area contributed by atoms with Crippen LogP contribution >= 0.6 is 0 Å². The predicted molar refractivity (Wildman–Crippen MR) is 50.4 cm³/mol. The minimum absolute atomic E-state index is 0.0353. The molecular weight excluding hydrogens is 168 g/mol. The van der Waals surface area contributed by atoms with E-state index in [0.717, 1.165) is 19.3 Å². The molecule has 0 unspecified atom stereocenters. The van der Waals surface area contributed by atoms with Gasteiger partial charge < -0.3 is 15.7 Å². The third-order valence-corrected chi connectivity index (χ3v) is 2.55. The summed E-state index contributed by atoms with van der Waals surface area (Å²) in [5, 5.41) is 15.3. The summed E-state index contributed by atoms with van der Waals surface area (Å²) in [4.78, 5) is 10.8. The summed E-state index contributed by atoms with van der Waals surface area (Å²) in [6, 6.07) is 0. The van der Waals surface area contributed by atoms with Gasteiger partial charge in [-0.15, -0.1) is 0 Å². The molecule has 1 saturated carbocycles. The molecule has 1 fully saturated rings. The molecule has 3 N–H and O–H groups in total. The first-order valence-electron chi connectivity index (χ1n) is 4.80. The third kappa shape index (κ3) is 3.32. The van der Waals surface area contributed by atoms with Crippen molar-refractivity contribution in [3.05, 3.63) is 0 Å². The molecule has 0 spiro atoms. The maximum atomic E-state index is 10.8. The Morgan fingerprint density at radius 3 is 2.69 bits per heavy atom. The van der Waals surface area contributed by atoms with Gasteiger partial charge in [0.05, 0.1) is 5.60 Å². The molecule has 0 atom stereocenters. The van der Waals surface area contributed by atoms with Crippen LogP contribution in [0.4, 0.5) is 0 Å². The van der Waals surface area contributed by atoms with Crippen LogP contribution in [0.25, 0.3) is 0 Å². The van der Waals surface area contributed by atoms with E-state index in [1.165, 1.54) is 0 Å². The minimum Gasteiger partial charge on any atom is -0.389 e. The van der Waals surface area contributed by atoms with Crippen LogP contribution in [-0.4, -0.2) is 36.8 Å². The fourth-order valence-electron chi connectivity index (χ4n) is 1.41. The largest absolute Gasteiger partial charge is 0.389 e. The summed E-state index contributed by atoms with van der Waals surface area (Å²) in [6.45, 7) is 1.26. The number of rotatable bonds is 5. The number of carbonyl (C=O) groups excluding carboxylic acids is 1. The maximum Gasteiger partial charge on any atom is 0.221 e. The third-order valence-electron chi connectivity index (χ3n) is 2.55. The topological polar surface area (TPSA) is 61.4 Å². The first-order chi connectivity index (χ1) is 6.16. The van der Waals surface area contributed by atoms with Gasteiger partial charge in [0.15, 0.2) is 0 Å². The molecule has 4 nitrogen and oxygen atoms in total. The Bertz CT molecular complexity index is 178. The second kappa shape index (κ2) is 4.58. The standard InChI is InChI=1S/C9H18N2O2/c1-10-8(12)3-6-11-7-9(13)4-2-5-9/h11,13H,2-7H2,1H3,(H,10,12). The van der Waals surface area contributed by atoms with Gasteiger partial charge in [-0.3, -0.25) is 4.79 Å². The fraction of sp³-hybridized carbons (Fsp3) is 0.889. The number of amides is 1. The molecular formula is C9H18N2O2. The highest BCUT2D eigenvalue weighted by molar-refractivity contribution is 5.75. The van der Waals surface area contributed by atoms with E-state index in [0.29, 0.717) is 19.5 Å². The first kappa shape index (κ1) is 10.5. The average Bonchev–Trinajstić information content (AvgIpc) is 2.09. The zero-order chi connectivity index (χ0) is 9.73. The summed E-state index contributed by atoms with van der Waals surface area (Å²) < 4.78 is 0. The lowest BCUT2D eigenvalue weighted by Gasteiger charge is -2.36. The summed E-state index contributed by atoms with van der Waals surface area (Å²) in [5.74, 6) is 0.0353. The molecule has 1 rings (SSSR count). The number of aliphatic hydroxyl groups is 1. The molecule has 0 aliphatic heterocycles. The zero-order valence-electron chi connectivity index (χ0n) is 8.10. The van der Waals surface area contributed by atoms with Gasteiger partial charge in [-0.2, -0.15) is 0 Å². The average molecular weight is 186 g/mol. The lowest BCUT2D eigenvalue weighted by molar-refractivity contribution is -0.120. The molecule has 0 aromatic carbocycles. The van der Waals surface area contributed by atoms with E-state index >= 15 is 0 Å². The lowest BCUT2D eigenvalue weighted by atomic mass is 9.80. The van der Waals surface area contributed by atoms with Crippen LogP contribution < -0.4 is 10.6 Å². The van der Waals surface area contributed by atoms with E-state index in [9.17, 15) is 9.90 Å². The monoisotopic (exact) mass is 186 g/mol. The van der Waals surface area contributed by atoms with Crippen molar-refractivity contribution in [3.63, 3.8) is 0 Å². The molecule has 1 aliphatic rings. The number of hydrogen-bond acceptors (Lipinski definition) is 3. The second-order valence-electron chi connectivity index (χ2n) is 3.68. The van der Waals surface area contributed by atoms with E-state index in [-0.39, 0.29) is 5.91 Å². The molecule has 1 aliphatic carbocycles. The van der Waals surface area contributed by atoms with Gasteiger partial charge in [-0.05, 0) is 19.3 Å². The van der Waals surface area contributed by atoms with Crippen LogP contribution in [0.3, 0.4) is 0 Å². The molecule has 0 saturated heterocycles. The summed E-state index contributed by atoms with van der Waals surface area (Å²) >= 11 is 0. The van der Waals surface area contributed by atoms with Gasteiger partial charge in [0.2, 0.25) is 5.91 Å². The van der Waals surface area contributed by atoms with Crippen LogP contribution in [-0.2, 0) is 4.79 Å². The van der Waals surface area contributed by atoms with Crippen molar-refractivity contribution in [2.75, 3.05) is 20.1 Å². The Balaban J connectivity index is 1.98. The smallest absolute Gasteiger partial charge is 0.221 e.